The van der Waals surface area contributed by atoms with Gasteiger partial charge in [0, 0.05) is 23.7 Å². The number of hydrogen-bond donors (Lipinski definition) is 1. The third-order valence-corrected chi connectivity index (χ3v) is 3.18. The Bertz CT molecular complexity index is 490. The second-order valence-electron chi connectivity index (χ2n) is 3.45. The van der Waals surface area contributed by atoms with E-state index >= 15 is 0 Å². The van der Waals surface area contributed by atoms with Gasteiger partial charge in [-0.15, -0.1) is 11.8 Å². The summed E-state index contributed by atoms with van der Waals surface area (Å²) < 4.78 is 5.17. The van der Waals surface area contributed by atoms with E-state index in [1.54, 1.807) is 37.5 Å². The lowest BCUT2D eigenvalue weighted by atomic mass is 10.2. The molecule has 0 radical (unpaired) electrons. The number of rotatable bonds is 4. The Kier molecular flexibility index (Phi) is 3.82. The molecule has 1 heterocycles. The van der Waals surface area contributed by atoms with Crippen LogP contribution < -0.4 is 10.5 Å². The molecule has 0 fully saturated rings. The predicted octanol–water partition coefficient (Wildman–Crippen LogP) is 2.36. The molecule has 0 unspecified atom stereocenters. The lowest BCUT2D eigenvalue weighted by molar-refractivity contribution is 0.414. The van der Waals surface area contributed by atoms with Crippen LogP contribution in [0.4, 0.5) is 5.69 Å². The first kappa shape index (κ1) is 11.7. The van der Waals surface area contributed by atoms with Crippen LogP contribution in [0.2, 0.25) is 0 Å². The minimum atomic E-state index is 0.711. The molecule has 0 atom stereocenters. The quantitative estimate of drug-likeness (QED) is 0.510. The Hall–Kier alpha value is -1.75. The lowest BCUT2D eigenvalue weighted by Crippen LogP contribution is -1.91. The molecular formula is C12H13N3OS. The van der Waals surface area contributed by atoms with Crippen molar-refractivity contribution in [2.45, 2.75) is 10.8 Å². The highest BCUT2D eigenvalue weighted by Crippen LogP contribution is 2.25. The molecular weight excluding hydrogens is 234 g/mol. The fourth-order valence-corrected chi connectivity index (χ4v) is 2.17. The van der Waals surface area contributed by atoms with E-state index in [9.17, 15) is 0 Å². The number of aromatic nitrogens is 2. The van der Waals surface area contributed by atoms with Crippen molar-refractivity contribution >= 4 is 17.4 Å². The number of nitrogens with two attached hydrogens (primary N) is 1. The fraction of sp³-hybridized carbons (Fsp3) is 0.167. The van der Waals surface area contributed by atoms with Crippen LogP contribution in [0.25, 0.3) is 0 Å². The summed E-state index contributed by atoms with van der Waals surface area (Å²) in [6, 6.07) is 7.61. The molecule has 5 heteroatoms. The summed E-state index contributed by atoms with van der Waals surface area (Å²) >= 11 is 1.64. The van der Waals surface area contributed by atoms with Gasteiger partial charge < -0.3 is 10.5 Å². The summed E-state index contributed by atoms with van der Waals surface area (Å²) in [5, 5.41) is 0.946. The number of benzene rings is 1. The molecule has 0 aliphatic carbocycles. The molecule has 17 heavy (non-hydrogen) atoms. The first-order valence-electron chi connectivity index (χ1n) is 5.10. The molecule has 0 aliphatic heterocycles. The van der Waals surface area contributed by atoms with Gasteiger partial charge in [0.1, 0.15) is 12.1 Å². The molecule has 1 aromatic heterocycles. The van der Waals surface area contributed by atoms with Gasteiger partial charge in [-0.1, -0.05) is 0 Å². The van der Waals surface area contributed by atoms with Crippen LogP contribution in [0.15, 0.2) is 41.8 Å². The van der Waals surface area contributed by atoms with Crippen molar-refractivity contribution in [3.8, 4) is 5.75 Å². The van der Waals surface area contributed by atoms with Crippen LogP contribution in [0, 0.1) is 0 Å². The number of hydrogen-bond acceptors (Lipinski definition) is 5. The van der Waals surface area contributed by atoms with Gasteiger partial charge in [0.15, 0.2) is 0 Å². The number of nitrogen functional groups attached to an aromatic ring is 1. The summed E-state index contributed by atoms with van der Waals surface area (Å²) in [5.74, 6) is 1.58. The van der Waals surface area contributed by atoms with E-state index in [0.717, 1.165) is 22.1 Å². The Morgan fingerprint density at radius 1 is 1.35 bits per heavy atom. The second-order valence-corrected chi connectivity index (χ2v) is 4.45. The van der Waals surface area contributed by atoms with Gasteiger partial charge in [-0.3, -0.25) is 0 Å². The highest BCUT2D eigenvalue weighted by Gasteiger charge is 2.01. The van der Waals surface area contributed by atoms with Crippen molar-refractivity contribution in [3.63, 3.8) is 0 Å². The maximum Gasteiger partial charge on any atom is 0.121 e. The van der Waals surface area contributed by atoms with Gasteiger partial charge in [0.05, 0.1) is 12.1 Å². The average Bonchev–Trinajstić information content (AvgIpc) is 2.37. The highest BCUT2D eigenvalue weighted by molar-refractivity contribution is 7.98. The number of ether oxygens (including phenoxy) is 1. The van der Waals surface area contributed by atoms with E-state index < -0.39 is 0 Å². The maximum absolute atomic E-state index is 5.79. The van der Waals surface area contributed by atoms with Crippen molar-refractivity contribution in [3.05, 3.63) is 42.4 Å². The smallest absolute Gasteiger partial charge is 0.121 e. The number of methoxy groups -OCH3 is 1. The summed E-state index contributed by atoms with van der Waals surface area (Å²) in [6.07, 6.45) is 3.28. The summed E-state index contributed by atoms with van der Waals surface area (Å²) in [5.41, 5.74) is 7.62. The summed E-state index contributed by atoms with van der Waals surface area (Å²) in [4.78, 5) is 8.03. The van der Waals surface area contributed by atoms with Crippen molar-refractivity contribution < 1.29 is 4.74 Å². The van der Waals surface area contributed by atoms with E-state index in [1.807, 2.05) is 18.2 Å². The van der Waals surface area contributed by atoms with Gasteiger partial charge in [-0.25, -0.2) is 9.97 Å². The zero-order chi connectivity index (χ0) is 12.1. The fourth-order valence-electron chi connectivity index (χ4n) is 1.41. The molecule has 2 N–H and O–H groups in total. The van der Waals surface area contributed by atoms with E-state index in [4.69, 9.17) is 10.5 Å². The number of thioether (sulfide) groups is 1. The standard InChI is InChI=1S/C12H13N3OS/c1-16-11-5-9(4-10(13)6-11)7-17-12-2-3-14-8-15-12/h2-6,8H,7,13H2,1H3. The lowest BCUT2D eigenvalue weighted by Gasteiger charge is -2.06. The van der Waals surface area contributed by atoms with Crippen molar-refractivity contribution in [2.24, 2.45) is 0 Å². The Balaban J connectivity index is 2.06. The Labute approximate surface area is 104 Å². The molecule has 88 valence electrons. The zero-order valence-electron chi connectivity index (χ0n) is 9.46. The normalized spacial score (nSPS) is 10.2. The van der Waals surface area contributed by atoms with Crippen LogP contribution in [-0.4, -0.2) is 17.1 Å². The van der Waals surface area contributed by atoms with E-state index in [-0.39, 0.29) is 0 Å². The van der Waals surface area contributed by atoms with E-state index in [1.165, 1.54) is 0 Å². The predicted molar refractivity (Wildman–Crippen MR) is 69.0 cm³/mol. The molecule has 2 rings (SSSR count). The Morgan fingerprint density at radius 3 is 2.94 bits per heavy atom. The highest BCUT2D eigenvalue weighted by atomic mass is 32.2. The second kappa shape index (κ2) is 5.54. The first-order valence-corrected chi connectivity index (χ1v) is 6.09. The largest absolute Gasteiger partial charge is 0.497 e. The molecule has 4 nitrogen and oxygen atoms in total. The summed E-state index contributed by atoms with van der Waals surface area (Å²) in [6.45, 7) is 0. The number of nitrogens with zero attached hydrogens (tertiary/aromatic N) is 2. The maximum atomic E-state index is 5.79. The monoisotopic (exact) mass is 247 g/mol. The van der Waals surface area contributed by atoms with Gasteiger partial charge in [0.2, 0.25) is 0 Å². The van der Waals surface area contributed by atoms with Gasteiger partial charge in [-0.05, 0) is 23.8 Å². The topological polar surface area (TPSA) is 61.0 Å². The van der Waals surface area contributed by atoms with Crippen molar-refractivity contribution in [1.82, 2.24) is 9.97 Å². The minimum absolute atomic E-state index is 0.711. The van der Waals surface area contributed by atoms with Crippen LogP contribution >= 0.6 is 11.8 Å². The van der Waals surface area contributed by atoms with Crippen LogP contribution in [-0.2, 0) is 5.75 Å². The molecule has 0 saturated heterocycles. The Morgan fingerprint density at radius 2 is 2.24 bits per heavy atom. The molecule has 2 aromatic rings. The SMILES string of the molecule is COc1cc(N)cc(CSc2ccncn2)c1. The average molecular weight is 247 g/mol. The van der Waals surface area contributed by atoms with Gasteiger partial charge >= 0.3 is 0 Å². The van der Waals surface area contributed by atoms with Crippen LogP contribution in [0.1, 0.15) is 5.56 Å². The molecule has 0 saturated carbocycles. The third-order valence-electron chi connectivity index (χ3n) is 2.17. The first-order chi connectivity index (χ1) is 8.28. The molecule has 1 aromatic carbocycles. The van der Waals surface area contributed by atoms with E-state index in [0.29, 0.717) is 5.69 Å². The zero-order valence-corrected chi connectivity index (χ0v) is 10.3. The molecule has 0 bridgehead atoms. The number of anilines is 1. The minimum Gasteiger partial charge on any atom is -0.497 e. The van der Waals surface area contributed by atoms with Gasteiger partial charge in [-0.2, -0.15) is 0 Å². The van der Waals surface area contributed by atoms with Gasteiger partial charge in [0.25, 0.3) is 0 Å². The molecule has 0 amide bonds. The molecule has 0 spiro atoms. The van der Waals surface area contributed by atoms with E-state index in [2.05, 4.69) is 9.97 Å². The van der Waals surface area contributed by atoms with Crippen molar-refractivity contribution in [2.75, 3.05) is 12.8 Å². The third kappa shape index (κ3) is 3.35. The van der Waals surface area contributed by atoms with Crippen LogP contribution in [0.3, 0.4) is 0 Å². The molecule has 0 aliphatic rings. The van der Waals surface area contributed by atoms with Crippen LogP contribution in [0.5, 0.6) is 5.75 Å². The summed E-state index contributed by atoms with van der Waals surface area (Å²) in [7, 11) is 1.64. The van der Waals surface area contributed by atoms with Crippen molar-refractivity contribution in [1.29, 1.82) is 0 Å².